The molecular formula is C15H34N2. The highest BCUT2D eigenvalue weighted by molar-refractivity contribution is 4.69. The smallest absolute Gasteiger partial charge is 0.0213 e. The van der Waals surface area contributed by atoms with Crippen molar-refractivity contribution < 1.29 is 0 Å². The van der Waals surface area contributed by atoms with E-state index in [-0.39, 0.29) is 0 Å². The first-order chi connectivity index (χ1) is 8.28. The fourth-order valence-corrected chi connectivity index (χ4v) is 2.47. The van der Waals surface area contributed by atoms with Crippen LogP contribution in [0.1, 0.15) is 85.0 Å². The van der Waals surface area contributed by atoms with Crippen LogP contribution in [0.2, 0.25) is 0 Å². The summed E-state index contributed by atoms with van der Waals surface area (Å²) in [6.07, 6.45) is 13.2. The summed E-state index contributed by atoms with van der Waals surface area (Å²) in [4.78, 5) is 0. The van der Waals surface area contributed by atoms with Crippen LogP contribution < -0.4 is 11.3 Å². The third kappa shape index (κ3) is 9.61. The molecule has 0 rings (SSSR count). The molecule has 0 saturated heterocycles. The van der Waals surface area contributed by atoms with E-state index < -0.39 is 0 Å². The van der Waals surface area contributed by atoms with Gasteiger partial charge in [-0.3, -0.25) is 11.3 Å². The molecule has 2 nitrogen and oxygen atoms in total. The Labute approximate surface area is 109 Å². The zero-order valence-corrected chi connectivity index (χ0v) is 12.3. The first-order valence-corrected chi connectivity index (χ1v) is 7.74. The van der Waals surface area contributed by atoms with Gasteiger partial charge in [0.1, 0.15) is 0 Å². The number of nitrogens with one attached hydrogen (secondary N) is 1. The van der Waals surface area contributed by atoms with Gasteiger partial charge in [0, 0.05) is 6.04 Å². The van der Waals surface area contributed by atoms with E-state index >= 15 is 0 Å². The third-order valence-electron chi connectivity index (χ3n) is 3.80. The maximum atomic E-state index is 5.67. The summed E-state index contributed by atoms with van der Waals surface area (Å²) in [7, 11) is 0. The first-order valence-electron chi connectivity index (χ1n) is 7.74. The summed E-state index contributed by atoms with van der Waals surface area (Å²) in [5, 5.41) is 0. The van der Waals surface area contributed by atoms with Crippen molar-refractivity contribution in [3.8, 4) is 0 Å². The minimum atomic E-state index is 0.536. The van der Waals surface area contributed by atoms with Crippen molar-refractivity contribution in [2.45, 2.75) is 91.0 Å². The molecule has 17 heavy (non-hydrogen) atoms. The second-order valence-corrected chi connectivity index (χ2v) is 5.37. The summed E-state index contributed by atoms with van der Waals surface area (Å²) in [6, 6.07) is 0.536. The molecule has 0 fully saturated rings. The number of nitrogens with two attached hydrogens (primary N) is 1. The lowest BCUT2D eigenvalue weighted by Gasteiger charge is -2.22. The molecule has 0 radical (unpaired) electrons. The maximum absolute atomic E-state index is 5.67. The van der Waals surface area contributed by atoms with Crippen molar-refractivity contribution in [3.63, 3.8) is 0 Å². The first kappa shape index (κ1) is 16.9. The van der Waals surface area contributed by atoms with Gasteiger partial charge in [-0.2, -0.15) is 0 Å². The number of hydrogen-bond donors (Lipinski definition) is 2. The number of hydrogen-bond acceptors (Lipinski definition) is 2. The summed E-state index contributed by atoms with van der Waals surface area (Å²) in [5.41, 5.74) is 3.02. The van der Waals surface area contributed by atoms with E-state index in [1.54, 1.807) is 0 Å². The minimum absolute atomic E-state index is 0.536. The van der Waals surface area contributed by atoms with Gasteiger partial charge < -0.3 is 0 Å². The van der Waals surface area contributed by atoms with E-state index in [1.807, 2.05) is 0 Å². The molecule has 0 aromatic carbocycles. The van der Waals surface area contributed by atoms with Gasteiger partial charge in [0.25, 0.3) is 0 Å². The second kappa shape index (κ2) is 12.4. The molecule has 0 aliphatic heterocycles. The lowest BCUT2D eigenvalue weighted by Crippen LogP contribution is -2.36. The zero-order chi connectivity index (χ0) is 12.9. The van der Waals surface area contributed by atoms with E-state index in [2.05, 4.69) is 26.2 Å². The van der Waals surface area contributed by atoms with Crippen LogP contribution >= 0.6 is 0 Å². The van der Waals surface area contributed by atoms with Crippen LogP contribution in [0.25, 0.3) is 0 Å². The topological polar surface area (TPSA) is 38.0 Å². The summed E-state index contributed by atoms with van der Waals surface area (Å²) in [6.45, 7) is 6.84. The van der Waals surface area contributed by atoms with Crippen molar-refractivity contribution in [3.05, 3.63) is 0 Å². The Morgan fingerprint density at radius 1 is 0.882 bits per heavy atom. The summed E-state index contributed by atoms with van der Waals surface area (Å²) < 4.78 is 0. The van der Waals surface area contributed by atoms with Gasteiger partial charge in [0.05, 0.1) is 0 Å². The van der Waals surface area contributed by atoms with Crippen LogP contribution in [0.5, 0.6) is 0 Å². The van der Waals surface area contributed by atoms with Crippen LogP contribution in [-0.4, -0.2) is 6.04 Å². The van der Waals surface area contributed by atoms with Crippen molar-refractivity contribution >= 4 is 0 Å². The second-order valence-electron chi connectivity index (χ2n) is 5.37. The lowest BCUT2D eigenvalue weighted by molar-refractivity contribution is 0.333. The zero-order valence-electron chi connectivity index (χ0n) is 12.3. The lowest BCUT2D eigenvalue weighted by atomic mass is 9.90. The molecule has 0 aliphatic carbocycles. The van der Waals surface area contributed by atoms with E-state index in [4.69, 9.17) is 5.84 Å². The van der Waals surface area contributed by atoms with Crippen molar-refractivity contribution in [2.75, 3.05) is 0 Å². The quantitative estimate of drug-likeness (QED) is 0.302. The molecule has 2 unspecified atom stereocenters. The van der Waals surface area contributed by atoms with Crippen LogP contribution in [0.4, 0.5) is 0 Å². The molecule has 0 amide bonds. The SMILES string of the molecule is CCCCCCC(CC(CC)CCCC)NN. The van der Waals surface area contributed by atoms with Crippen molar-refractivity contribution in [1.29, 1.82) is 0 Å². The standard InChI is InChI=1S/C15H34N2/c1-4-7-9-10-12-15(17-16)13-14(6-3)11-8-5-2/h14-15,17H,4-13,16H2,1-3H3. The van der Waals surface area contributed by atoms with E-state index in [9.17, 15) is 0 Å². The third-order valence-corrected chi connectivity index (χ3v) is 3.80. The van der Waals surface area contributed by atoms with Gasteiger partial charge in [-0.05, 0) is 18.8 Å². The van der Waals surface area contributed by atoms with Crippen LogP contribution in [-0.2, 0) is 0 Å². The Kier molecular flexibility index (Phi) is 12.3. The molecular weight excluding hydrogens is 208 g/mol. The van der Waals surface area contributed by atoms with Gasteiger partial charge in [0.15, 0.2) is 0 Å². The molecule has 104 valence electrons. The minimum Gasteiger partial charge on any atom is -0.271 e. The molecule has 0 aromatic heterocycles. The fourth-order valence-electron chi connectivity index (χ4n) is 2.47. The molecule has 0 aliphatic rings. The van der Waals surface area contributed by atoms with Gasteiger partial charge >= 0.3 is 0 Å². The highest BCUT2D eigenvalue weighted by atomic mass is 15.2. The molecule has 0 heterocycles. The van der Waals surface area contributed by atoms with Crippen molar-refractivity contribution in [1.82, 2.24) is 5.43 Å². The normalized spacial score (nSPS) is 14.8. The number of hydrazine groups is 1. The highest BCUT2D eigenvalue weighted by Crippen LogP contribution is 2.20. The summed E-state index contributed by atoms with van der Waals surface area (Å²) in [5.74, 6) is 6.53. The average molecular weight is 242 g/mol. The molecule has 0 spiro atoms. The van der Waals surface area contributed by atoms with E-state index in [1.165, 1.54) is 64.2 Å². The number of rotatable bonds is 12. The molecule has 0 saturated carbocycles. The van der Waals surface area contributed by atoms with Crippen LogP contribution in [0.15, 0.2) is 0 Å². The van der Waals surface area contributed by atoms with Gasteiger partial charge in [0.2, 0.25) is 0 Å². The average Bonchev–Trinajstić information content (AvgIpc) is 2.37. The molecule has 2 atom stereocenters. The number of unbranched alkanes of at least 4 members (excludes halogenated alkanes) is 4. The Bertz CT molecular complexity index is 148. The predicted octanol–water partition coefficient (Wildman–Crippen LogP) is 4.40. The molecule has 0 aromatic rings. The Hall–Kier alpha value is -0.0800. The Morgan fingerprint density at radius 3 is 2.12 bits per heavy atom. The fraction of sp³-hybridized carbons (Fsp3) is 1.00. The molecule has 3 N–H and O–H groups in total. The Morgan fingerprint density at radius 2 is 1.59 bits per heavy atom. The van der Waals surface area contributed by atoms with Crippen molar-refractivity contribution in [2.24, 2.45) is 11.8 Å². The molecule has 0 bridgehead atoms. The maximum Gasteiger partial charge on any atom is 0.0213 e. The van der Waals surface area contributed by atoms with Gasteiger partial charge in [-0.1, -0.05) is 72.1 Å². The Balaban J connectivity index is 3.74. The van der Waals surface area contributed by atoms with E-state index in [0.717, 1.165) is 5.92 Å². The van der Waals surface area contributed by atoms with Gasteiger partial charge in [-0.25, -0.2) is 0 Å². The van der Waals surface area contributed by atoms with Gasteiger partial charge in [-0.15, -0.1) is 0 Å². The largest absolute Gasteiger partial charge is 0.271 e. The highest BCUT2D eigenvalue weighted by Gasteiger charge is 2.13. The predicted molar refractivity (Wildman–Crippen MR) is 77.8 cm³/mol. The monoisotopic (exact) mass is 242 g/mol. The van der Waals surface area contributed by atoms with E-state index in [0.29, 0.717) is 6.04 Å². The molecule has 2 heteroatoms. The van der Waals surface area contributed by atoms with Crippen LogP contribution in [0.3, 0.4) is 0 Å². The summed E-state index contributed by atoms with van der Waals surface area (Å²) >= 11 is 0. The van der Waals surface area contributed by atoms with Crippen LogP contribution in [0, 0.1) is 5.92 Å².